The van der Waals surface area contributed by atoms with E-state index in [9.17, 15) is 9.79 Å². The quantitative estimate of drug-likeness (QED) is 0.821. The molecule has 0 bridgehead atoms. The maximum Gasteiger partial charge on any atom is 0.349 e. The van der Waals surface area contributed by atoms with Gasteiger partial charge in [-0.1, -0.05) is 18.2 Å². The molecule has 0 fully saturated rings. The highest BCUT2D eigenvalue weighted by atomic mass is 32.2. The maximum atomic E-state index is 10.6. The van der Waals surface area contributed by atoms with E-state index >= 15 is 0 Å². The highest BCUT2D eigenvalue weighted by molar-refractivity contribution is 8.05. The standard InChI is InChI=1S/C13H19NO2PS/c1-12(2)11(14-13(3,4)18-12)17(15,16)10-8-6-5-7-9-10/h5-9,15-16H,1-4H3/q+1. The lowest BCUT2D eigenvalue weighted by Gasteiger charge is -2.23. The summed E-state index contributed by atoms with van der Waals surface area (Å²) in [6.07, 6.45) is 0. The molecular weight excluding hydrogens is 265 g/mol. The first-order valence-electron chi connectivity index (χ1n) is 5.86. The number of benzene rings is 1. The second-order valence-corrected chi connectivity index (χ2v) is 9.80. The minimum Gasteiger partial charge on any atom is -0.232 e. The lowest BCUT2D eigenvalue weighted by atomic mass is 10.2. The molecule has 0 aromatic heterocycles. The average Bonchev–Trinajstić information content (AvgIpc) is 2.48. The number of hydrogen-bond donors (Lipinski definition) is 2. The molecule has 0 spiro atoms. The molecule has 98 valence electrons. The van der Waals surface area contributed by atoms with Gasteiger partial charge >= 0.3 is 7.72 Å². The van der Waals surface area contributed by atoms with Crippen molar-refractivity contribution in [3.63, 3.8) is 0 Å². The van der Waals surface area contributed by atoms with Crippen LogP contribution in [0.2, 0.25) is 0 Å². The van der Waals surface area contributed by atoms with Crippen LogP contribution in [0.15, 0.2) is 35.3 Å². The Hall–Kier alpha value is -0.410. The Morgan fingerprint density at radius 3 is 2.06 bits per heavy atom. The normalized spacial score (nSPS) is 21.8. The fraction of sp³-hybridized carbons (Fsp3) is 0.462. The summed E-state index contributed by atoms with van der Waals surface area (Å²) in [6.45, 7) is 7.99. The third-order valence-corrected chi connectivity index (χ3v) is 6.54. The van der Waals surface area contributed by atoms with Gasteiger partial charge in [-0.3, -0.25) is 0 Å². The average molecular weight is 284 g/mol. The first kappa shape index (κ1) is 14.0. The fourth-order valence-corrected chi connectivity index (χ4v) is 6.37. The van der Waals surface area contributed by atoms with Crippen LogP contribution in [0.1, 0.15) is 27.7 Å². The number of thioether (sulfide) groups is 1. The van der Waals surface area contributed by atoms with Gasteiger partial charge in [-0.2, -0.15) is 0 Å². The monoisotopic (exact) mass is 284 g/mol. The van der Waals surface area contributed by atoms with E-state index in [0.29, 0.717) is 10.8 Å². The molecule has 5 heteroatoms. The van der Waals surface area contributed by atoms with Crippen molar-refractivity contribution in [2.24, 2.45) is 4.99 Å². The molecule has 0 unspecified atom stereocenters. The molecular formula is C13H19NO2PS+. The molecule has 0 radical (unpaired) electrons. The maximum absolute atomic E-state index is 10.6. The Kier molecular flexibility index (Phi) is 3.35. The Balaban J connectivity index is 2.48. The SMILES string of the molecule is CC1(C)N=C([P+](O)(O)c2ccccc2)C(C)(C)S1. The van der Waals surface area contributed by atoms with Gasteiger partial charge in [0.2, 0.25) is 5.45 Å². The van der Waals surface area contributed by atoms with Crippen molar-refractivity contribution < 1.29 is 9.79 Å². The Morgan fingerprint density at radius 1 is 1.06 bits per heavy atom. The van der Waals surface area contributed by atoms with Crippen LogP contribution in [0.5, 0.6) is 0 Å². The summed E-state index contributed by atoms with van der Waals surface area (Å²) in [5.74, 6) is 0. The van der Waals surface area contributed by atoms with Crippen molar-refractivity contribution >= 4 is 30.2 Å². The highest BCUT2D eigenvalue weighted by Crippen LogP contribution is 2.61. The zero-order valence-corrected chi connectivity index (χ0v) is 12.8. The minimum atomic E-state index is -3.31. The molecule has 1 aromatic rings. The van der Waals surface area contributed by atoms with Crippen molar-refractivity contribution in [3.05, 3.63) is 30.3 Å². The van der Waals surface area contributed by atoms with Crippen LogP contribution < -0.4 is 5.30 Å². The van der Waals surface area contributed by atoms with E-state index in [1.165, 1.54) is 0 Å². The van der Waals surface area contributed by atoms with E-state index in [-0.39, 0.29) is 9.62 Å². The van der Waals surface area contributed by atoms with Crippen molar-refractivity contribution in [3.8, 4) is 0 Å². The molecule has 0 saturated heterocycles. The Morgan fingerprint density at radius 2 is 1.61 bits per heavy atom. The number of aliphatic imine (C=N–C) groups is 1. The molecule has 0 amide bonds. The van der Waals surface area contributed by atoms with Gasteiger partial charge in [-0.05, 0) is 39.8 Å². The van der Waals surface area contributed by atoms with Crippen LogP contribution in [0.3, 0.4) is 0 Å². The molecule has 3 nitrogen and oxygen atoms in total. The van der Waals surface area contributed by atoms with Gasteiger partial charge in [0.15, 0.2) is 5.30 Å². The molecule has 2 rings (SSSR count). The van der Waals surface area contributed by atoms with Crippen molar-refractivity contribution in [1.82, 2.24) is 0 Å². The Bertz CT molecular complexity index is 483. The number of hydrogen-bond acceptors (Lipinski definition) is 4. The molecule has 1 aromatic carbocycles. The third kappa shape index (κ3) is 2.48. The zero-order valence-electron chi connectivity index (χ0n) is 11.1. The van der Waals surface area contributed by atoms with E-state index in [0.717, 1.165) is 0 Å². The number of rotatable bonds is 2. The summed E-state index contributed by atoms with van der Waals surface area (Å²) in [4.78, 5) is 25.4. The predicted molar refractivity (Wildman–Crippen MR) is 80.6 cm³/mol. The summed E-state index contributed by atoms with van der Waals surface area (Å²) in [5.41, 5.74) is 0.524. The summed E-state index contributed by atoms with van der Waals surface area (Å²) in [5, 5.41) is 0.565. The molecule has 0 atom stereocenters. The smallest absolute Gasteiger partial charge is 0.232 e. The molecule has 1 heterocycles. The van der Waals surface area contributed by atoms with Crippen molar-refractivity contribution in [1.29, 1.82) is 0 Å². The van der Waals surface area contributed by atoms with E-state index in [4.69, 9.17) is 0 Å². The number of nitrogens with zero attached hydrogens (tertiary/aromatic N) is 1. The van der Waals surface area contributed by atoms with Crippen LogP contribution in [0.25, 0.3) is 0 Å². The highest BCUT2D eigenvalue weighted by Gasteiger charge is 2.57. The van der Waals surface area contributed by atoms with Gasteiger partial charge < -0.3 is 0 Å². The van der Waals surface area contributed by atoms with Crippen LogP contribution in [0, 0.1) is 0 Å². The first-order valence-corrected chi connectivity index (χ1v) is 8.37. The zero-order chi connectivity index (χ0) is 13.6. The van der Waals surface area contributed by atoms with Gasteiger partial charge in [0, 0.05) is 0 Å². The van der Waals surface area contributed by atoms with E-state index in [1.807, 2.05) is 45.9 Å². The van der Waals surface area contributed by atoms with E-state index in [2.05, 4.69) is 4.99 Å². The van der Waals surface area contributed by atoms with Crippen LogP contribution >= 0.6 is 19.5 Å². The van der Waals surface area contributed by atoms with Crippen LogP contribution in [-0.4, -0.2) is 24.9 Å². The molecule has 18 heavy (non-hydrogen) atoms. The first-order chi connectivity index (χ1) is 8.15. The summed E-state index contributed by atoms with van der Waals surface area (Å²) in [7, 11) is -3.31. The molecule has 2 N–H and O–H groups in total. The Labute approximate surface area is 113 Å². The molecule has 1 aliphatic heterocycles. The van der Waals surface area contributed by atoms with Gasteiger partial charge in [0.1, 0.15) is 4.87 Å². The second-order valence-electron chi connectivity index (χ2n) is 5.43. The van der Waals surface area contributed by atoms with E-state index < -0.39 is 7.72 Å². The largest absolute Gasteiger partial charge is 0.349 e. The molecule has 0 aliphatic carbocycles. The summed E-state index contributed by atoms with van der Waals surface area (Å²) in [6, 6.07) is 9.00. The third-order valence-electron chi connectivity index (χ3n) is 2.83. The van der Waals surface area contributed by atoms with E-state index in [1.54, 1.807) is 23.9 Å². The minimum absolute atomic E-state index is 0.301. The van der Waals surface area contributed by atoms with Crippen molar-refractivity contribution in [2.45, 2.75) is 37.3 Å². The van der Waals surface area contributed by atoms with Crippen LogP contribution in [0.4, 0.5) is 0 Å². The summed E-state index contributed by atoms with van der Waals surface area (Å²) < 4.78 is -0.351. The molecule has 1 aliphatic rings. The second kappa shape index (κ2) is 4.31. The van der Waals surface area contributed by atoms with Gasteiger partial charge in [-0.25, -0.2) is 14.8 Å². The predicted octanol–water partition coefficient (Wildman–Crippen LogP) is 2.80. The molecule has 0 saturated carbocycles. The lowest BCUT2D eigenvalue weighted by molar-refractivity contribution is 0.481. The van der Waals surface area contributed by atoms with Crippen molar-refractivity contribution in [2.75, 3.05) is 0 Å². The fourth-order valence-electron chi connectivity index (χ4n) is 2.29. The topological polar surface area (TPSA) is 52.8 Å². The van der Waals surface area contributed by atoms with Crippen LogP contribution in [-0.2, 0) is 0 Å². The lowest BCUT2D eigenvalue weighted by Crippen LogP contribution is -2.31. The van der Waals surface area contributed by atoms with Gasteiger partial charge in [-0.15, -0.1) is 11.8 Å². The van der Waals surface area contributed by atoms with Gasteiger partial charge in [0.05, 0.1) is 4.75 Å². The van der Waals surface area contributed by atoms with Gasteiger partial charge in [0.25, 0.3) is 0 Å². The summed E-state index contributed by atoms with van der Waals surface area (Å²) >= 11 is 1.66.